The number of ether oxygens (including phenoxy) is 2. The molecule has 0 amide bonds. The van der Waals surface area contributed by atoms with Crippen LogP contribution in [0.4, 0.5) is 0 Å². The lowest BCUT2D eigenvalue weighted by molar-refractivity contribution is -0.141. The summed E-state index contributed by atoms with van der Waals surface area (Å²) in [5.41, 5.74) is 0. The number of aromatic nitrogens is 3. The van der Waals surface area contributed by atoms with E-state index in [2.05, 4.69) is 10.1 Å². The van der Waals surface area contributed by atoms with E-state index >= 15 is 0 Å². The van der Waals surface area contributed by atoms with Gasteiger partial charge in [-0.1, -0.05) is 36.2 Å². The average molecular weight is 344 g/mol. The first-order chi connectivity index (χ1) is 10.6. The van der Waals surface area contributed by atoms with Crippen LogP contribution in [0.5, 0.6) is 0 Å². The lowest BCUT2D eigenvalue weighted by Gasteiger charge is -2.24. The predicted molar refractivity (Wildman–Crippen MR) is 86.6 cm³/mol. The predicted octanol–water partition coefficient (Wildman–Crippen LogP) is 3.62. The van der Waals surface area contributed by atoms with Crippen molar-refractivity contribution in [2.75, 3.05) is 6.61 Å². The number of halogens is 2. The Morgan fingerprint density at radius 1 is 1.45 bits per heavy atom. The molecule has 0 saturated carbocycles. The highest BCUT2D eigenvalue weighted by molar-refractivity contribution is 6.35. The third kappa shape index (κ3) is 4.68. The SMILES string of the molecule is C\C=C/C(Cl)=C\C(Cl)=C\C1(Cn2cncn2)OCC(CC)O1. The fraction of sp³-hybridized carbons (Fsp3) is 0.467. The number of rotatable bonds is 6. The van der Waals surface area contributed by atoms with Crippen LogP contribution in [0.15, 0.2) is 47.0 Å². The third-order valence-corrected chi connectivity index (χ3v) is 3.60. The van der Waals surface area contributed by atoms with E-state index < -0.39 is 5.79 Å². The summed E-state index contributed by atoms with van der Waals surface area (Å²) in [5.74, 6) is -0.963. The summed E-state index contributed by atoms with van der Waals surface area (Å²) in [4.78, 5) is 3.93. The van der Waals surface area contributed by atoms with Crippen molar-refractivity contribution in [2.24, 2.45) is 0 Å². The lowest BCUT2D eigenvalue weighted by Crippen LogP contribution is -2.34. The molecule has 1 saturated heterocycles. The highest BCUT2D eigenvalue weighted by Gasteiger charge is 2.40. The van der Waals surface area contributed by atoms with Gasteiger partial charge in [0.25, 0.3) is 0 Å². The maximum atomic E-state index is 6.27. The molecule has 2 atom stereocenters. The smallest absolute Gasteiger partial charge is 0.210 e. The number of nitrogens with zero attached hydrogens (tertiary/aromatic N) is 3. The summed E-state index contributed by atoms with van der Waals surface area (Å²) >= 11 is 12.3. The van der Waals surface area contributed by atoms with Crippen molar-refractivity contribution < 1.29 is 9.47 Å². The van der Waals surface area contributed by atoms with Crippen LogP contribution in [0.3, 0.4) is 0 Å². The minimum absolute atomic E-state index is 0.0271. The molecular weight excluding hydrogens is 325 g/mol. The summed E-state index contributed by atoms with van der Waals surface area (Å²) < 4.78 is 13.5. The third-order valence-electron chi connectivity index (χ3n) is 3.14. The molecule has 1 aromatic rings. The molecule has 2 unspecified atom stereocenters. The van der Waals surface area contributed by atoms with Crippen LogP contribution in [0.2, 0.25) is 0 Å². The van der Waals surface area contributed by atoms with Crippen LogP contribution in [0.25, 0.3) is 0 Å². The molecular formula is C15H19Cl2N3O2. The van der Waals surface area contributed by atoms with E-state index in [0.717, 1.165) is 6.42 Å². The summed E-state index contributed by atoms with van der Waals surface area (Å²) in [6.45, 7) is 4.82. The second kappa shape index (κ2) is 7.92. The van der Waals surface area contributed by atoms with Crippen molar-refractivity contribution in [3.63, 3.8) is 0 Å². The van der Waals surface area contributed by atoms with Crippen LogP contribution in [0.1, 0.15) is 20.3 Å². The molecule has 7 heteroatoms. The minimum atomic E-state index is -0.963. The molecule has 1 aliphatic rings. The maximum absolute atomic E-state index is 6.27. The zero-order valence-electron chi connectivity index (χ0n) is 12.6. The molecule has 0 spiro atoms. The Balaban J connectivity index is 2.23. The second-order valence-electron chi connectivity index (χ2n) is 4.92. The van der Waals surface area contributed by atoms with Gasteiger partial charge in [-0.05, 0) is 31.6 Å². The zero-order chi connectivity index (χ0) is 16.0. The van der Waals surface area contributed by atoms with Gasteiger partial charge in [0.1, 0.15) is 19.2 Å². The van der Waals surface area contributed by atoms with Crippen molar-refractivity contribution in [1.29, 1.82) is 0 Å². The van der Waals surface area contributed by atoms with Gasteiger partial charge in [-0.25, -0.2) is 9.67 Å². The molecule has 0 radical (unpaired) electrons. The van der Waals surface area contributed by atoms with Gasteiger partial charge in [-0.3, -0.25) is 0 Å². The summed E-state index contributed by atoms with van der Waals surface area (Å²) in [7, 11) is 0. The van der Waals surface area contributed by atoms with E-state index in [0.29, 0.717) is 23.2 Å². The summed E-state index contributed by atoms with van der Waals surface area (Å²) in [6, 6.07) is 0. The first kappa shape index (κ1) is 17.2. The highest BCUT2D eigenvalue weighted by atomic mass is 35.5. The monoisotopic (exact) mass is 343 g/mol. The molecule has 1 fully saturated rings. The highest BCUT2D eigenvalue weighted by Crippen LogP contribution is 2.31. The fourth-order valence-electron chi connectivity index (χ4n) is 2.12. The molecule has 1 aliphatic heterocycles. The Labute approximate surface area is 140 Å². The number of hydrogen-bond donors (Lipinski definition) is 0. The molecule has 0 aliphatic carbocycles. The number of allylic oxidation sites excluding steroid dienone is 5. The Bertz CT molecular complexity index is 569. The van der Waals surface area contributed by atoms with Crippen LogP contribution >= 0.6 is 23.2 Å². The van der Waals surface area contributed by atoms with E-state index in [-0.39, 0.29) is 6.10 Å². The second-order valence-corrected chi connectivity index (χ2v) is 5.80. The summed E-state index contributed by atoms with van der Waals surface area (Å²) in [6.07, 6.45) is 10.9. The molecule has 120 valence electrons. The van der Waals surface area contributed by atoms with Crippen molar-refractivity contribution in [3.8, 4) is 0 Å². The van der Waals surface area contributed by atoms with Gasteiger partial charge in [0.15, 0.2) is 0 Å². The molecule has 0 bridgehead atoms. The van der Waals surface area contributed by atoms with Gasteiger partial charge in [0.2, 0.25) is 5.79 Å². The van der Waals surface area contributed by atoms with E-state index in [4.69, 9.17) is 32.7 Å². The normalized spacial score (nSPS) is 27.0. The molecule has 2 rings (SSSR count). The van der Waals surface area contributed by atoms with E-state index in [1.54, 1.807) is 29.2 Å². The molecule has 1 aromatic heterocycles. The van der Waals surface area contributed by atoms with Gasteiger partial charge in [0.05, 0.1) is 12.7 Å². The molecule has 0 N–H and O–H groups in total. The average Bonchev–Trinajstić information content (AvgIpc) is 3.09. The minimum Gasteiger partial charge on any atom is -0.342 e. The Morgan fingerprint density at radius 2 is 2.27 bits per heavy atom. The lowest BCUT2D eigenvalue weighted by atomic mass is 10.2. The molecule has 0 aromatic carbocycles. The van der Waals surface area contributed by atoms with Crippen molar-refractivity contribution in [2.45, 2.75) is 38.7 Å². The quantitative estimate of drug-likeness (QED) is 0.740. The largest absolute Gasteiger partial charge is 0.342 e. The maximum Gasteiger partial charge on any atom is 0.210 e. The van der Waals surface area contributed by atoms with Crippen LogP contribution in [-0.2, 0) is 16.0 Å². The first-order valence-electron chi connectivity index (χ1n) is 7.09. The van der Waals surface area contributed by atoms with Gasteiger partial charge < -0.3 is 9.47 Å². The van der Waals surface area contributed by atoms with Crippen molar-refractivity contribution >= 4 is 23.2 Å². The van der Waals surface area contributed by atoms with Crippen molar-refractivity contribution in [3.05, 3.63) is 47.0 Å². The van der Waals surface area contributed by atoms with Crippen LogP contribution in [-0.4, -0.2) is 33.3 Å². The zero-order valence-corrected chi connectivity index (χ0v) is 14.1. The Hall–Kier alpha value is -1.14. The Kier molecular flexibility index (Phi) is 6.20. The standard InChI is InChI=1S/C15H19Cl2N3O2/c1-3-5-12(16)6-13(17)7-15(9-20-11-18-10-19-20)21-8-14(4-2)22-15/h3,5-7,10-11,14H,4,8-9H2,1-2H3/b5-3-,12-6+,13-7-. The van der Waals surface area contributed by atoms with Gasteiger partial charge in [-0.15, -0.1) is 0 Å². The van der Waals surface area contributed by atoms with Crippen molar-refractivity contribution in [1.82, 2.24) is 14.8 Å². The molecule has 5 nitrogen and oxygen atoms in total. The van der Waals surface area contributed by atoms with Gasteiger partial charge in [0, 0.05) is 10.1 Å². The van der Waals surface area contributed by atoms with Crippen LogP contribution in [0, 0.1) is 0 Å². The first-order valence-corrected chi connectivity index (χ1v) is 7.85. The van der Waals surface area contributed by atoms with Gasteiger partial charge >= 0.3 is 0 Å². The van der Waals surface area contributed by atoms with E-state index in [1.165, 1.54) is 6.33 Å². The summed E-state index contributed by atoms with van der Waals surface area (Å²) in [5, 5.41) is 5.07. The molecule has 2 heterocycles. The Morgan fingerprint density at radius 3 is 2.86 bits per heavy atom. The van der Waals surface area contributed by atoms with E-state index in [1.807, 2.05) is 19.9 Å². The molecule has 22 heavy (non-hydrogen) atoms. The van der Waals surface area contributed by atoms with E-state index in [9.17, 15) is 0 Å². The number of hydrogen-bond acceptors (Lipinski definition) is 4. The van der Waals surface area contributed by atoms with Gasteiger partial charge in [-0.2, -0.15) is 5.10 Å². The fourth-order valence-corrected chi connectivity index (χ4v) is 2.70. The topological polar surface area (TPSA) is 49.2 Å². The van der Waals surface area contributed by atoms with Crippen LogP contribution < -0.4 is 0 Å².